The largest absolute Gasteiger partial charge is 0.368 e. The Bertz CT molecular complexity index is 596. The summed E-state index contributed by atoms with van der Waals surface area (Å²) in [7, 11) is 0. The van der Waals surface area contributed by atoms with Crippen molar-refractivity contribution in [3.8, 4) is 0 Å². The molecule has 3 nitrogen and oxygen atoms in total. The van der Waals surface area contributed by atoms with Crippen LogP contribution in [0.15, 0.2) is 59.7 Å². The number of hydrogen-bond donors (Lipinski definition) is 0. The first-order valence-corrected chi connectivity index (χ1v) is 8.03. The highest BCUT2D eigenvalue weighted by Crippen LogP contribution is 2.15. The standard InChI is InChI=1S/C19H23N3/c1-2-17-8-10-18(11-9-17)16-20-22-14-12-21(13-15-22)19-6-4-3-5-7-19/h3-11,16H,2,12-15H2,1H3/b20-16+. The van der Waals surface area contributed by atoms with Gasteiger partial charge in [0.2, 0.25) is 0 Å². The van der Waals surface area contributed by atoms with E-state index >= 15 is 0 Å². The molecule has 3 rings (SSSR count). The molecule has 2 aromatic rings. The molecule has 0 unspecified atom stereocenters. The molecule has 3 heteroatoms. The summed E-state index contributed by atoms with van der Waals surface area (Å²) in [5.74, 6) is 0. The summed E-state index contributed by atoms with van der Waals surface area (Å²) in [6.07, 6.45) is 3.05. The first-order chi connectivity index (χ1) is 10.8. The molecule has 0 atom stereocenters. The van der Waals surface area contributed by atoms with Crippen LogP contribution in [0.2, 0.25) is 0 Å². The summed E-state index contributed by atoms with van der Waals surface area (Å²) in [5, 5.41) is 6.78. The summed E-state index contributed by atoms with van der Waals surface area (Å²) in [4.78, 5) is 2.42. The van der Waals surface area contributed by atoms with Crippen molar-refractivity contribution >= 4 is 11.9 Å². The predicted octanol–water partition coefficient (Wildman–Crippen LogP) is 3.41. The minimum absolute atomic E-state index is 0.971. The topological polar surface area (TPSA) is 18.8 Å². The summed E-state index contributed by atoms with van der Waals surface area (Å²) >= 11 is 0. The van der Waals surface area contributed by atoms with Crippen LogP contribution in [0, 0.1) is 0 Å². The van der Waals surface area contributed by atoms with Gasteiger partial charge in [-0.25, -0.2) is 0 Å². The van der Waals surface area contributed by atoms with Crippen molar-refractivity contribution in [2.24, 2.45) is 5.10 Å². The molecule has 114 valence electrons. The van der Waals surface area contributed by atoms with Crippen molar-refractivity contribution in [2.75, 3.05) is 31.1 Å². The second-order valence-corrected chi connectivity index (χ2v) is 5.62. The first-order valence-electron chi connectivity index (χ1n) is 8.03. The molecule has 1 fully saturated rings. The third-order valence-corrected chi connectivity index (χ3v) is 4.14. The molecule has 0 bridgehead atoms. The maximum absolute atomic E-state index is 4.62. The van der Waals surface area contributed by atoms with E-state index in [9.17, 15) is 0 Å². The highest BCUT2D eigenvalue weighted by molar-refractivity contribution is 5.79. The molecule has 0 aliphatic carbocycles. The van der Waals surface area contributed by atoms with Crippen molar-refractivity contribution in [3.63, 3.8) is 0 Å². The van der Waals surface area contributed by atoms with Crippen LogP contribution in [-0.2, 0) is 6.42 Å². The Hall–Kier alpha value is -2.29. The van der Waals surface area contributed by atoms with Crippen LogP contribution < -0.4 is 4.90 Å². The van der Waals surface area contributed by atoms with E-state index in [4.69, 9.17) is 0 Å². The molecule has 0 saturated carbocycles. The lowest BCUT2D eigenvalue weighted by atomic mass is 10.1. The number of hydrazone groups is 1. The molecular formula is C19H23N3. The molecule has 2 aromatic carbocycles. The van der Waals surface area contributed by atoms with Gasteiger partial charge in [-0.3, -0.25) is 5.01 Å². The van der Waals surface area contributed by atoms with Crippen LogP contribution in [0.4, 0.5) is 5.69 Å². The SMILES string of the molecule is CCc1ccc(/C=N/N2CCN(c3ccccc3)CC2)cc1. The number of hydrogen-bond acceptors (Lipinski definition) is 3. The smallest absolute Gasteiger partial charge is 0.0542 e. The molecule has 1 aliphatic rings. The molecule has 0 aromatic heterocycles. The van der Waals surface area contributed by atoms with Crippen LogP contribution in [0.3, 0.4) is 0 Å². The lowest BCUT2D eigenvalue weighted by Gasteiger charge is -2.34. The van der Waals surface area contributed by atoms with E-state index in [1.54, 1.807) is 0 Å². The van der Waals surface area contributed by atoms with Gasteiger partial charge >= 0.3 is 0 Å². The lowest BCUT2D eigenvalue weighted by Crippen LogP contribution is -2.44. The average Bonchev–Trinajstić information content (AvgIpc) is 2.61. The maximum atomic E-state index is 4.62. The van der Waals surface area contributed by atoms with Crippen LogP contribution in [0.5, 0.6) is 0 Å². The van der Waals surface area contributed by atoms with Crippen molar-refractivity contribution in [1.82, 2.24) is 5.01 Å². The number of para-hydroxylation sites is 1. The number of rotatable bonds is 4. The monoisotopic (exact) mass is 293 g/mol. The third-order valence-electron chi connectivity index (χ3n) is 4.14. The van der Waals surface area contributed by atoms with E-state index < -0.39 is 0 Å². The van der Waals surface area contributed by atoms with Gasteiger partial charge in [-0.2, -0.15) is 5.10 Å². The van der Waals surface area contributed by atoms with Gasteiger partial charge in [-0.1, -0.05) is 49.4 Å². The number of benzene rings is 2. The van der Waals surface area contributed by atoms with Gasteiger partial charge in [0.05, 0.1) is 19.3 Å². The van der Waals surface area contributed by atoms with Gasteiger partial charge < -0.3 is 4.90 Å². The van der Waals surface area contributed by atoms with Crippen molar-refractivity contribution < 1.29 is 0 Å². The summed E-state index contributed by atoms with van der Waals surface area (Å²) in [5.41, 5.74) is 3.84. The van der Waals surface area contributed by atoms with E-state index in [0.29, 0.717) is 0 Å². The van der Waals surface area contributed by atoms with Gasteiger partial charge in [-0.15, -0.1) is 0 Å². The number of nitrogens with zero attached hydrogens (tertiary/aromatic N) is 3. The highest BCUT2D eigenvalue weighted by atomic mass is 15.5. The Labute approximate surface area is 132 Å². The molecule has 1 saturated heterocycles. The van der Waals surface area contributed by atoms with E-state index in [1.807, 2.05) is 6.21 Å². The third kappa shape index (κ3) is 3.67. The summed E-state index contributed by atoms with van der Waals surface area (Å²) < 4.78 is 0. The maximum Gasteiger partial charge on any atom is 0.0542 e. The van der Waals surface area contributed by atoms with Gasteiger partial charge in [0.1, 0.15) is 0 Å². The van der Waals surface area contributed by atoms with E-state index in [1.165, 1.54) is 16.8 Å². The molecule has 22 heavy (non-hydrogen) atoms. The molecule has 1 heterocycles. The molecule has 1 aliphatic heterocycles. The predicted molar refractivity (Wildman–Crippen MR) is 93.6 cm³/mol. The van der Waals surface area contributed by atoms with Crippen molar-refractivity contribution in [2.45, 2.75) is 13.3 Å². The quantitative estimate of drug-likeness (QED) is 0.805. The van der Waals surface area contributed by atoms with Crippen LogP contribution in [0.25, 0.3) is 0 Å². The zero-order valence-electron chi connectivity index (χ0n) is 13.2. The van der Waals surface area contributed by atoms with Crippen LogP contribution >= 0.6 is 0 Å². The minimum atomic E-state index is 0.971. The van der Waals surface area contributed by atoms with Gasteiger partial charge in [0.15, 0.2) is 0 Å². The number of anilines is 1. The Morgan fingerprint density at radius 1 is 0.909 bits per heavy atom. The van der Waals surface area contributed by atoms with E-state index in [0.717, 1.165) is 32.6 Å². The van der Waals surface area contributed by atoms with Gasteiger partial charge in [0, 0.05) is 18.8 Å². The number of aryl methyl sites for hydroxylation is 1. The average molecular weight is 293 g/mol. The molecule has 0 amide bonds. The van der Waals surface area contributed by atoms with Crippen molar-refractivity contribution in [3.05, 3.63) is 65.7 Å². The number of piperazine rings is 1. The normalized spacial score (nSPS) is 15.5. The Kier molecular flexibility index (Phi) is 4.74. The van der Waals surface area contributed by atoms with Crippen molar-refractivity contribution in [1.29, 1.82) is 0 Å². The summed E-state index contributed by atoms with van der Waals surface area (Å²) in [6.45, 7) is 6.17. The van der Waals surface area contributed by atoms with E-state index in [-0.39, 0.29) is 0 Å². The Morgan fingerprint density at radius 2 is 1.59 bits per heavy atom. The minimum Gasteiger partial charge on any atom is -0.368 e. The zero-order chi connectivity index (χ0) is 15.2. The zero-order valence-corrected chi connectivity index (χ0v) is 13.2. The fourth-order valence-corrected chi connectivity index (χ4v) is 2.70. The molecular weight excluding hydrogens is 270 g/mol. The summed E-state index contributed by atoms with van der Waals surface area (Å²) in [6, 6.07) is 19.2. The van der Waals surface area contributed by atoms with Gasteiger partial charge in [0.25, 0.3) is 0 Å². The lowest BCUT2D eigenvalue weighted by molar-refractivity contribution is 0.272. The first kappa shape index (κ1) is 14.6. The molecule has 0 spiro atoms. The van der Waals surface area contributed by atoms with Crippen LogP contribution in [0.1, 0.15) is 18.1 Å². The highest BCUT2D eigenvalue weighted by Gasteiger charge is 2.15. The Morgan fingerprint density at radius 3 is 2.23 bits per heavy atom. The second-order valence-electron chi connectivity index (χ2n) is 5.62. The fraction of sp³-hybridized carbons (Fsp3) is 0.316. The second kappa shape index (κ2) is 7.12. The Balaban J connectivity index is 1.54. The fourth-order valence-electron chi connectivity index (χ4n) is 2.70. The molecule has 0 radical (unpaired) electrons. The molecule has 0 N–H and O–H groups in total. The van der Waals surface area contributed by atoms with E-state index in [2.05, 4.69) is 76.5 Å². The van der Waals surface area contributed by atoms with Gasteiger partial charge in [-0.05, 0) is 29.7 Å². The van der Waals surface area contributed by atoms with Crippen LogP contribution in [-0.4, -0.2) is 37.4 Å².